The van der Waals surface area contributed by atoms with Gasteiger partial charge < -0.3 is 5.11 Å². The van der Waals surface area contributed by atoms with Gasteiger partial charge in [-0.25, -0.2) is 4.39 Å². The van der Waals surface area contributed by atoms with Crippen molar-refractivity contribution in [1.82, 2.24) is 0 Å². The lowest BCUT2D eigenvalue weighted by molar-refractivity contribution is -0.141. The molecule has 0 spiro atoms. The lowest BCUT2D eigenvalue weighted by Gasteiger charge is -2.26. The Labute approximate surface area is 130 Å². The van der Waals surface area contributed by atoms with Gasteiger partial charge in [0.25, 0.3) is 0 Å². The van der Waals surface area contributed by atoms with Gasteiger partial charge in [-0.2, -0.15) is 0 Å². The van der Waals surface area contributed by atoms with Crippen LogP contribution in [0.25, 0.3) is 0 Å². The van der Waals surface area contributed by atoms with Crippen molar-refractivity contribution < 1.29 is 14.3 Å². The van der Waals surface area contributed by atoms with Crippen LogP contribution in [0.2, 0.25) is 0 Å². The van der Waals surface area contributed by atoms with Crippen molar-refractivity contribution in [3.05, 3.63) is 71.0 Å². The summed E-state index contributed by atoms with van der Waals surface area (Å²) in [5.41, 5.74) is 1.26. The van der Waals surface area contributed by atoms with Crippen LogP contribution < -0.4 is 0 Å². The van der Waals surface area contributed by atoms with Crippen LogP contribution in [0.5, 0.6) is 0 Å². The molecule has 1 atom stereocenters. The average molecular weight is 300 g/mol. The third-order valence-electron chi connectivity index (χ3n) is 4.02. The maximum atomic E-state index is 13.1. The summed E-state index contributed by atoms with van der Waals surface area (Å²) in [6.07, 6.45) is 0.959. The average Bonchev–Trinajstić information content (AvgIpc) is 2.47. The lowest BCUT2D eigenvalue weighted by Crippen LogP contribution is -2.33. The monoisotopic (exact) mass is 300 g/mol. The molecule has 0 heterocycles. The van der Waals surface area contributed by atoms with Gasteiger partial charge in [0, 0.05) is 0 Å². The van der Waals surface area contributed by atoms with Crippen molar-refractivity contribution in [2.45, 2.75) is 32.6 Å². The van der Waals surface area contributed by atoms with E-state index in [1.807, 2.05) is 24.3 Å². The molecule has 3 heteroatoms. The number of aliphatic carboxylic acids is 1. The van der Waals surface area contributed by atoms with Crippen LogP contribution in [-0.4, -0.2) is 11.1 Å². The molecule has 0 amide bonds. The van der Waals surface area contributed by atoms with Gasteiger partial charge >= 0.3 is 5.97 Å². The maximum absolute atomic E-state index is 13.1. The van der Waals surface area contributed by atoms with Crippen molar-refractivity contribution in [3.8, 4) is 0 Å². The molecule has 0 saturated heterocycles. The summed E-state index contributed by atoms with van der Waals surface area (Å²) in [5.74, 6) is -0.770. The lowest BCUT2D eigenvalue weighted by atomic mass is 9.76. The smallest absolute Gasteiger partial charge is 0.318 e. The van der Waals surface area contributed by atoms with Crippen molar-refractivity contribution in [2.75, 3.05) is 0 Å². The van der Waals surface area contributed by atoms with Crippen molar-refractivity contribution in [2.24, 2.45) is 5.92 Å². The Hall–Kier alpha value is -2.16. The Kier molecular flexibility index (Phi) is 4.65. The van der Waals surface area contributed by atoms with Crippen LogP contribution in [0.1, 0.15) is 37.5 Å². The second-order valence-corrected chi connectivity index (χ2v) is 6.23. The number of benzene rings is 2. The Morgan fingerprint density at radius 3 is 1.91 bits per heavy atom. The fourth-order valence-corrected chi connectivity index (χ4v) is 2.64. The highest BCUT2D eigenvalue weighted by Crippen LogP contribution is 2.33. The molecule has 1 N–H and O–H groups in total. The molecular formula is C19H21FO2. The van der Waals surface area contributed by atoms with Crippen LogP contribution in [0, 0.1) is 11.7 Å². The number of rotatable bonds is 5. The number of hydrogen-bond donors (Lipinski definition) is 1. The third kappa shape index (κ3) is 3.19. The Morgan fingerprint density at radius 1 is 1.05 bits per heavy atom. The third-order valence-corrected chi connectivity index (χ3v) is 4.02. The van der Waals surface area contributed by atoms with Crippen LogP contribution in [0.4, 0.5) is 4.39 Å². The largest absolute Gasteiger partial charge is 0.480 e. The van der Waals surface area contributed by atoms with Crippen molar-refractivity contribution in [1.29, 1.82) is 0 Å². The highest BCUT2D eigenvalue weighted by atomic mass is 19.1. The van der Waals surface area contributed by atoms with E-state index in [9.17, 15) is 14.3 Å². The quantitative estimate of drug-likeness (QED) is 0.887. The van der Waals surface area contributed by atoms with E-state index in [1.165, 1.54) is 29.8 Å². The van der Waals surface area contributed by atoms with E-state index in [-0.39, 0.29) is 5.82 Å². The molecule has 0 aliphatic carbocycles. The van der Waals surface area contributed by atoms with Gasteiger partial charge in [0.15, 0.2) is 0 Å². The molecule has 0 bridgehead atoms. The molecule has 0 unspecified atom stereocenters. The Balaban J connectivity index is 2.43. The van der Waals surface area contributed by atoms with E-state index in [0.717, 1.165) is 6.42 Å². The number of hydrogen-bond acceptors (Lipinski definition) is 1. The minimum absolute atomic E-state index is 0.372. The zero-order chi connectivity index (χ0) is 16.3. The van der Waals surface area contributed by atoms with Crippen molar-refractivity contribution in [3.63, 3.8) is 0 Å². The Bertz CT molecular complexity index is 644. The second kappa shape index (κ2) is 6.30. The van der Waals surface area contributed by atoms with Gasteiger partial charge in [-0.15, -0.1) is 0 Å². The first-order chi connectivity index (χ1) is 10.3. The standard InChI is InChI=1S/C19H21FO2/c1-13(2)12-14-4-6-15(7-5-14)19(3,18(21)22)16-8-10-17(20)11-9-16/h4-11,13H,12H2,1-3H3,(H,21,22)/t19-/m0/s1. The first kappa shape index (κ1) is 16.2. The Morgan fingerprint density at radius 2 is 1.50 bits per heavy atom. The first-order valence-electron chi connectivity index (χ1n) is 7.43. The molecule has 0 aliphatic heterocycles. The van der Waals surface area contributed by atoms with E-state index >= 15 is 0 Å². The normalized spacial score (nSPS) is 13.9. The summed E-state index contributed by atoms with van der Waals surface area (Å²) in [6.45, 7) is 5.95. The van der Waals surface area contributed by atoms with E-state index < -0.39 is 11.4 Å². The molecule has 2 aromatic rings. The predicted octanol–water partition coefficient (Wildman–Crippen LogP) is 4.41. The van der Waals surface area contributed by atoms with E-state index in [4.69, 9.17) is 0 Å². The molecule has 2 nitrogen and oxygen atoms in total. The number of halogens is 1. The molecule has 0 fully saturated rings. The van der Waals surface area contributed by atoms with Crippen LogP contribution in [0.3, 0.4) is 0 Å². The SMILES string of the molecule is CC(C)Cc1ccc([C@](C)(C(=O)O)c2ccc(F)cc2)cc1. The van der Waals surface area contributed by atoms with E-state index in [0.29, 0.717) is 17.0 Å². The van der Waals surface area contributed by atoms with Gasteiger partial charge in [-0.1, -0.05) is 50.2 Å². The van der Waals surface area contributed by atoms with Gasteiger partial charge in [0.2, 0.25) is 0 Å². The van der Waals surface area contributed by atoms with Crippen LogP contribution in [0.15, 0.2) is 48.5 Å². The second-order valence-electron chi connectivity index (χ2n) is 6.23. The summed E-state index contributed by atoms with van der Waals surface area (Å²) in [6, 6.07) is 13.3. The molecule has 2 aromatic carbocycles. The van der Waals surface area contributed by atoms with Gasteiger partial charge in [0.05, 0.1) is 0 Å². The summed E-state index contributed by atoms with van der Waals surface area (Å²) in [7, 11) is 0. The molecule has 0 aliphatic rings. The zero-order valence-corrected chi connectivity index (χ0v) is 13.1. The molecule has 0 aromatic heterocycles. The fraction of sp³-hybridized carbons (Fsp3) is 0.316. The molecule has 0 saturated carbocycles. The molecule has 22 heavy (non-hydrogen) atoms. The van der Waals surface area contributed by atoms with Gasteiger partial charge in [0.1, 0.15) is 11.2 Å². The molecular weight excluding hydrogens is 279 g/mol. The fourth-order valence-electron chi connectivity index (χ4n) is 2.64. The van der Waals surface area contributed by atoms with Gasteiger partial charge in [-0.05, 0) is 48.1 Å². The summed E-state index contributed by atoms with van der Waals surface area (Å²) < 4.78 is 13.1. The summed E-state index contributed by atoms with van der Waals surface area (Å²) in [5, 5.41) is 9.73. The highest BCUT2D eigenvalue weighted by molar-refractivity contribution is 5.85. The first-order valence-corrected chi connectivity index (χ1v) is 7.43. The predicted molar refractivity (Wildman–Crippen MR) is 85.5 cm³/mol. The number of carboxylic acids is 1. The molecule has 0 radical (unpaired) electrons. The van der Waals surface area contributed by atoms with Gasteiger partial charge in [-0.3, -0.25) is 4.79 Å². The van der Waals surface area contributed by atoms with Crippen LogP contribution >= 0.6 is 0 Å². The van der Waals surface area contributed by atoms with E-state index in [1.54, 1.807) is 6.92 Å². The summed E-state index contributed by atoms with van der Waals surface area (Å²) in [4.78, 5) is 11.9. The topological polar surface area (TPSA) is 37.3 Å². The minimum atomic E-state index is -1.19. The van der Waals surface area contributed by atoms with Crippen LogP contribution in [-0.2, 0) is 16.6 Å². The van der Waals surface area contributed by atoms with E-state index in [2.05, 4.69) is 13.8 Å². The number of carbonyl (C=O) groups is 1. The minimum Gasteiger partial charge on any atom is -0.480 e. The van der Waals surface area contributed by atoms with Crippen molar-refractivity contribution >= 4 is 5.97 Å². The maximum Gasteiger partial charge on any atom is 0.318 e. The molecule has 2 rings (SSSR count). The number of carboxylic acid groups (broad SMARTS) is 1. The zero-order valence-electron chi connectivity index (χ0n) is 13.1. The highest BCUT2D eigenvalue weighted by Gasteiger charge is 2.37. The summed E-state index contributed by atoms with van der Waals surface area (Å²) >= 11 is 0. The molecule has 116 valence electrons.